The number of amides is 1. The summed E-state index contributed by atoms with van der Waals surface area (Å²) in [5.74, 6) is 0.144. The fraction of sp³-hybridized carbons (Fsp3) is 0.929. The summed E-state index contributed by atoms with van der Waals surface area (Å²) >= 11 is 0. The fourth-order valence-corrected chi connectivity index (χ4v) is 2.55. The SMILES string of the molecule is CCCC(C)OCC(NC1CC1)(C(N)=O)C1CC1. The van der Waals surface area contributed by atoms with Crippen molar-refractivity contribution in [1.29, 1.82) is 0 Å². The molecule has 0 heterocycles. The highest BCUT2D eigenvalue weighted by atomic mass is 16.5. The minimum absolute atomic E-state index is 0.202. The molecule has 0 spiro atoms. The van der Waals surface area contributed by atoms with E-state index in [-0.39, 0.29) is 12.0 Å². The Morgan fingerprint density at radius 1 is 1.44 bits per heavy atom. The molecular weight excluding hydrogens is 228 g/mol. The molecule has 104 valence electrons. The van der Waals surface area contributed by atoms with Crippen molar-refractivity contribution in [2.24, 2.45) is 11.7 Å². The summed E-state index contributed by atoms with van der Waals surface area (Å²) in [5, 5.41) is 3.46. The van der Waals surface area contributed by atoms with Crippen LogP contribution in [-0.4, -0.2) is 30.2 Å². The Morgan fingerprint density at radius 2 is 2.11 bits per heavy atom. The van der Waals surface area contributed by atoms with Gasteiger partial charge in [-0.1, -0.05) is 13.3 Å². The maximum absolute atomic E-state index is 11.9. The molecule has 2 saturated carbocycles. The van der Waals surface area contributed by atoms with Gasteiger partial charge in [0.1, 0.15) is 5.54 Å². The average molecular weight is 254 g/mol. The van der Waals surface area contributed by atoms with Gasteiger partial charge >= 0.3 is 0 Å². The van der Waals surface area contributed by atoms with E-state index in [1.54, 1.807) is 0 Å². The number of hydrogen-bond donors (Lipinski definition) is 2. The molecule has 2 unspecified atom stereocenters. The van der Waals surface area contributed by atoms with Crippen LogP contribution in [0.1, 0.15) is 52.4 Å². The number of ether oxygens (including phenoxy) is 1. The second-order valence-corrected chi connectivity index (χ2v) is 5.94. The van der Waals surface area contributed by atoms with Crippen LogP contribution in [0.4, 0.5) is 0 Å². The van der Waals surface area contributed by atoms with Crippen LogP contribution in [0, 0.1) is 5.92 Å². The van der Waals surface area contributed by atoms with Crippen molar-refractivity contribution in [3.63, 3.8) is 0 Å². The number of rotatable bonds is 9. The Kier molecular flexibility index (Phi) is 4.28. The van der Waals surface area contributed by atoms with Gasteiger partial charge in [-0.2, -0.15) is 0 Å². The molecule has 0 aromatic heterocycles. The quantitative estimate of drug-likeness (QED) is 0.656. The molecule has 2 aliphatic rings. The molecule has 0 bridgehead atoms. The van der Waals surface area contributed by atoms with Gasteiger partial charge in [-0.15, -0.1) is 0 Å². The van der Waals surface area contributed by atoms with E-state index in [1.807, 2.05) is 0 Å². The molecule has 2 fully saturated rings. The molecule has 2 rings (SSSR count). The summed E-state index contributed by atoms with van der Waals surface area (Å²) in [7, 11) is 0. The van der Waals surface area contributed by atoms with Gasteiger partial charge in [0.15, 0.2) is 0 Å². The molecule has 3 N–H and O–H groups in total. The topological polar surface area (TPSA) is 64.3 Å². The average Bonchev–Trinajstić information content (AvgIpc) is 3.14. The van der Waals surface area contributed by atoms with E-state index < -0.39 is 5.54 Å². The van der Waals surface area contributed by atoms with Gasteiger partial charge in [-0.25, -0.2) is 0 Å². The van der Waals surface area contributed by atoms with Crippen LogP contribution in [0.15, 0.2) is 0 Å². The minimum Gasteiger partial charge on any atom is -0.376 e. The predicted molar refractivity (Wildman–Crippen MR) is 71.1 cm³/mol. The molecule has 4 nitrogen and oxygen atoms in total. The zero-order valence-electron chi connectivity index (χ0n) is 11.6. The first-order valence-corrected chi connectivity index (χ1v) is 7.27. The summed E-state index contributed by atoms with van der Waals surface area (Å²) in [6, 6.07) is 0.475. The Balaban J connectivity index is 1.96. The van der Waals surface area contributed by atoms with E-state index >= 15 is 0 Å². The Labute approximate surface area is 110 Å². The van der Waals surface area contributed by atoms with Crippen LogP contribution in [0.25, 0.3) is 0 Å². The van der Waals surface area contributed by atoms with Gasteiger partial charge in [-0.05, 0) is 44.9 Å². The zero-order chi connectivity index (χ0) is 13.2. The van der Waals surface area contributed by atoms with Crippen molar-refractivity contribution < 1.29 is 9.53 Å². The van der Waals surface area contributed by atoms with E-state index in [2.05, 4.69) is 19.2 Å². The number of nitrogens with one attached hydrogen (secondary N) is 1. The molecule has 2 aliphatic carbocycles. The summed E-state index contributed by atoms with van der Waals surface area (Å²) in [6.07, 6.45) is 6.84. The number of primary amides is 1. The molecule has 18 heavy (non-hydrogen) atoms. The first-order chi connectivity index (χ1) is 8.58. The van der Waals surface area contributed by atoms with E-state index in [1.165, 1.54) is 0 Å². The van der Waals surface area contributed by atoms with Crippen LogP contribution >= 0.6 is 0 Å². The standard InChI is InChI=1S/C14H26N2O2/c1-3-4-10(2)18-9-14(13(15)17,11-5-6-11)16-12-7-8-12/h10-12,16H,3-9H2,1-2H3,(H2,15,17). The van der Waals surface area contributed by atoms with Crippen LogP contribution in [0.5, 0.6) is 0 Å². The smallest absolute Gasteiger partial charge is 0.240 e. The highest BCUT2D eigenvalue weighted by molar-refractivity contribution is 5.86. The molecule has 2 atom stereocenters. The van der Waals surface area contributed by atoms with E-state index in [0.29, 0.717) is 18.6 Å². The van der Waals surface area contributed by atoms with Gasteiger partial charge in [-0.3, -0.25) is 10.1 Å². The second kappa shape index (κ2) is 5.57. The van der Waals surface area contributed by atoms with Crippen LogP contribution in [-0.2, 0) is 9.53 Å². The summed E-state index contributed by atoms with van der Waals surface area (Å²) in [5.41, 5.74) is 5.06. The van der Waals surface area contributed by atoms with E-state index in [4.69, 9.17) is 10.5 Å². The highest BCUT2D eigenvalue weighted by Crippen LogP contribution is 2.42. The Morgan fingerprint density at radius 3 is 2.56 bits per heavy atom. The van der Waals surface area contributed by atoms with Crippen molar-refractivity contribution in [3.05, 3.63) is 0 Å². The minimum atomic E-state index is -0.608. The lowest BCUT2D eigenvalue weighted by Crippen LogP contribution is -2.61. The molecule has 0 aromatic rings. The lowest BCUT2D eigenvalue weighted by Gasteiger charge is -2.33. The molecule has 4 heteroatoms. The Hall–Kier alpha value is -0.610. The predicted octanol–water partition coefficient (Wildman–Crippen LogP) is 1.58. The maximum atomic E-state index is 11.9. The number of nitrogens with two attached hydrogens (primary N) is 1. The number of carbonyl (C=O) groups excluding carboxylic acids is 1. The van der Waals surface area contributed by atoms with E-state index in [0.717, 1.165) is 38.5 Å². The first kappa shape index (κ1) is 13.8. The van der Waals surface area contributed by atoms with Crippen molar-refractivity contribution >= 4 is 5.91 Å². The molecule has 0 saturated heterocycles. The highest BCUT2D eigenvalue weighted by Gasteiger charge is 2.52. The third-order valence-corrected chi connectivity index (χ3v) is 4.04. The number of hydrogen-bond acceptors (Lipinski definition) is 3. The fourth-order valence-electron chi connectivity index (χ4n) is 2.55. The number of carbonyl (C=O) groups is 1. The van der Waals surface area contributed by atoms with Crippen molar-refractivity contribution in [3.8, 4) is 0 Å². The van der Waals surface area contributed by atoms with Crippen LogP contribution in [0.3, 0.4) is 0 Å². The van der Waals surface area contributed by atoms with Crippen LogP contribution in [0.2, 0.25) is 0 Å². The summed E-state index contributed by atoms with van der Waals surface area (Å²) in [6.45, 7) is 4.65. The lowest BCUT2D eigenvalue weighted by molar-refractivity contribution is -0.129. The van der Waals surface area contributed by atoms with Gasteiger partial charge in [0.05, 0.1) is 12.7 Å². The first-order valence-electron chi connectivity index (χ1n) is 7.27. The third-order valence-electron chi connectivity index (χ3n) is 4.04. The lowest BCUT2D eigenvalue weighted by atomic mass is 9.92. The monoisotopic (exact) mass is 254 g/mol. The largest absolute Gasteiger partial charge is 0.376 e. The van der Waals surface area contributed by atoms with Gasteiger partial charge in [0, 0.05) is 6.04 Å². The third kappa shape index (κ3) is 3.23. The normalized spacial score (nSPS) is 24.6. The molecule has 0 aromatic carbocycles. The van der Waals surface area contributed by atoms with Gasteiger partial charge in [0.25, 0.3) is 0 Å². The maximum Gasteiger partial charge on any atom is 0.240 e. The Bertz CT molecular complexity index is 300. The van der Waals surface area contributed by atoms with E-state index in [9.17, 15) is 4.79 Å². The van der Waals surface area contributed by atoms with Crippen molar-refractivity contribution in [1.82, 2.24) is 5.32 Å². The van der Waals surface area contributed by atoms with Gasteiger partial charge in [0.2, 0.25) is 5.91 Å². The van der Waals surface area contributed by atoms with Crippen molar-refractivity contribution in [2.45, 2.75) is 70.1 Å². The van der Waals surface area contributed by atoms with Crippen molar-refractivity contribution in [2.75, 3.05) is 6.61 Å². The van der Waals surface area contributed by atoms with Gasteiger partial charge < -0.3 is 10.5 Å². The molecular formula is C14H26N2O2. The molecule has 0 aliphatic heterocycles. The summed E-state index contributed by atoms with van der Waals surface area (Å²) in [4.78, 5) is 11.9. The molecule has 1 amide bonds. The van der Waals surface area contributed by atoms with Crippen LogP contribution < -0.4 is 11.1 Å². The zero-order valence-corrected chi connectivity index (χ0v) is 11.6. The summed E-state index contributed by atoms with van der Waals surface area (Å²) < 4.78 is 5.88. The second-order valence-electron chi connectivity index (χ2n) is 5.94. The molecule has 0 radical (unpaired) electrons.